The number of aromatic nitrogens is 3. The second-order valence-corrected chi connectivity index (χ2v) is 5.52. The average Bonchev–Trinajstić information content (AvgIpc) is 2.95. The van der Waals surface area contributed by atoms with Crippen LogP contribution < -0.4 is 5.32 Å². The zero-order valence-corrected chi connectivity index (χ0v) is 10.9. The molecule has 1 aromatic rings. The summed E-state index contributed by atoms with van der Waals surface area (Å²) in [6.45, 7) is 8.42. The van der Waals surface area contributed by atoms with E-state index in [2.05, 4.69) is 36.2 Å². The minimum Gasteiger partial charge on any atom is -0.374 e. The molecule has 0 radical (unpaired) electrons. The molecule has 0 unspecified atom stereocenters. The Morgan fingerprint density at radius 3 is 2.88 bits per heavy atom. The fourth-order valence-corrected chi connectivity index (χ4v) is 1.57. The molecule has 0 saturated heterocycles. The summed E-state index contributed by atoms with van der Waals surface area (Å²) in [5, 5.41) is 7.66. The van der Waals surface area contributed by atoms with Gasteiger partial charge in [-0.1, -0.05) is 0 Å². The molecule has 1 N–H and O–H groups in total. The van der Waals surface area contributed by atoms with Crippen LogP contribution in [0.5, 0.6) is 0 Å². The molecule has 0 aliphatic heterocycles. The van der Waals surface area contributed by atoms with E-state index in [1.807, 2.05) is 4.68 Å². The fraction of sp³-hybridized carbons (Fsp3) is 0.833. The molecule has 2 rings (SSSR count). The minimum absolute atomic E-state index is 0.0903. The summed E-state index contributed by atoms with van der Waals surface area (Å²) in [5.74, 6) is 0.995. The number of rotatable bonds is 6. The Labute approximate surface area is 103 Å². The zero-order valence-electron chi connectivity index (χ0n) is 10.9. The molecule has 1 fully saturated rings. The van der Waals surface area contributed by atoms with Gasteiger partial charge in [0.25, 0.3) is 0 Å². The Bertz CT molecular complexity index is 352. The highest BCUT2D eigenvalue weighted by atomic mass is 16.5. The monoisotopic (exact) mass is 238 g/mol. The Morgan fingerprint density at radius 2 is 2.24 bits per heavy atom. The maximum atomic E-state index is 5.69. The predicted octanol–water partition coefficient (Wildman–Crippen LogP) is 1.35. The largest absolute Gasteiger partial charge is 0.374 e. The molecule has 1 aliphatic rings. The molecular formula is C12H22N4O. The molecule has 96 valence electrons. The third-order valence-corrected chi connectivity index (χ3v) is 2.66. The van der Waals surface area contributed by atoms with Crippen LogP contribution in [0, 0.1) is 0 Å². The SMILES string of the molecule is CC(C)(C)OCCn1ncnc1CNC1CC1. The van der Waals surface area contributed by atoms with Gasteiger partial charge in [0.05, 0.1) is 25.3 Å². The molecule has 0 atom stereocenters. The Balaban J connectivity index is 1.76. The summed E-state index contributed by atoms with van der Waals surface area (Å²) in [6, 6.07) is 0.700. The number of nitrogens with one attached hydrogen (secondary N) is 1. The van der Waals surface area contributed by atoms with Crippen LogP contribution in [-0.4, -0.2) is 33.0 Å². The minimum atomic E-state index is -0.0903. The lowest BCUT2D eigenvalue weighted by atomic mass is 10.2. The second kappa shape index (κ2) is 5.14. The normalized spacial score (nSPS) is 16.4. The maximum Gasteiger partial charge on any atom is 0.140 e. The molecular weight excluding hydrogens is 216 g/mol. The quantitative estimate of drug-likeness (QED) is 0.812. The summed E-state index contributed by atoms with van der Waals surface area (Å²) < 4.78 is 7.60. The highest BCUT2D eigenvalue weighted by Gasteiger charge is 2.21. The second-order valence-electron chi connectivity index (χ2n) is 5.52. The van der Waals surface area contributed by atoms with Crippen molar-refractivity contribution in [2.24, 2.45) is 0 Å². The van der Waals surface area contributed by atoms with Gasteiger partial charge in [0.2, 0.25) is 0 Å². The van der Waals surface area contributed by atoms with Gasteiger partial charge >= 0.3 is 0 Å². The molecule has 5 heteroatoms. The Kier molecular flexibility index (Phi) is 3.79. The molecule has 0 amide bonds. The van der Waals surface area contributed by atoms with Crippen LogP contribution in [0.15, 0.2) is 6.33 Å². The summed E-state index contributed by atoms with van der Waals surface area (Å²) in [4.78, 5) is 4.26. The molecule has 17 heavy (non-hydrogen) atoms. The highest BCUT2D eigenvalue weighted by Crippen LogP contribution is 2.18. The maximum absolute atomic E-state index is 5.69. The van der Waals surface area contributed by atoms with Crippen molar-refractivity contribution < 1.29 is 4.74 Å². The van der Waals surface area contributed by atoms with Crippen LogP contribution in [0.4, 0.5) is 0 Å². The molecule has 0 spiro atoms. The summed E-state index contributed by atoms with van der Waals surface area (Å²) in [7, 11) is 0. The standard InChI is InChI=1S/C12H22N4O/c1-12(2,3)17-7-6-16-11(14-9-15-16)8-13-10-4-5-10/h9-10,13H,4-8H2,1-3H3. The van der Waals surface area contributed by atoms with Gasteiger partial charge in [-0.25, -0.2) is 9.67 Å². The molecule has 1 aromatic heterocycles. The molecule has 1 aliphatic carbocycles. The van der Waals surface area contributed by atoms with Crippen molar-refractivity contribution >= 4 is 0 Å². The van der Waals surface area contributed by atoms with Crippen molar-refractivity contribution in [1.29, 1.82) is 0 Å². The molecule has 1 saturated carbocycles. The van der Waals surface area contributed by atoms with Crippen molar-refractivity contribution in [3.63, 3.8) is 0 Å². The summed E-state index contributed by atoms with van der Waals surface area (Å²) >= 11 is 0. The van der Waals surface area contributed by atoms with Crippen molar-refractivity contribution in [2.75, 3.05) is 6.61 Å². The first-order valence-electron chi connectivity index (χ1n) is 6.28. The van der Waals surface area contributed by atoms with Gasteiger partial charge in [0.15, 0.2) is 0 Å². The number of nitrogens with zero attached hydrogens (tertiary/aromatic N) is 3. The smallest absolute Gasteiger partial charge is 0.140 e. The third-order valence-electron chi connectivity index (χ3n) is 2.66. The molecule has 0 bridgehead atoms. The van der Waals surface area contributed by atoms with Crippen LogP contribution in [0.3, 0.4) is 0 Å². The lowest BCUT2D eigenvalue weighted by Crippen LogP contribution is -2.24. The van der Waals surface area contributed by atoms with Crippen LogP contribution >= 0.6 is 0 Å². The lowest BCUT2D eigenvalue weighted by Gasteiger charge is -2.19. The van der Waals surface area contributed by atoms with E-state index in [-0.39, 0.29) is 5.60 Å². The van der Waals surface area contributed by atoms with Gasteiger partial charge in [0.1, 0.15) is 12.2 Å². The first-order valence-corrected chi connectivity index (χ1v) is 6.28. The number of ether oxygens (including phenoxy) is 1. The third kappa shape index (κ3) is 4.44. The Morgan fingerprint density at radius 1 is 1.47 bits per heavy atom. The fourth-order valence-electron chi connectivity index (χ4n) is 1.57. The van der Waals surface area contributed by atoms with Crippen molar-refractivity contribution in [1.82, 2.24) is 20.1 Å². The van der Waals surface area contributed by atoms with E-state index in [1.165, 1.54) is 12.8 Å². The first kappa shape index (κ1) is 12.5. The van der Waals surface area contributed by atoms with Crippen LogP contribution in [0.1, 0.15) is 39.4 Å². The zero-order chi connectivity index (χ0) is 12.3. The van der Waals surface area contributed by atoms with Gasteiger partial charge < -0.3 is 10.1 Å². The van der Waals surface area contributed by atoms with Gasteiger partial charge in [-0.15, -0.1) is 0 Å². The molecule has 5 nitrogen and oxygen atoms in total. The Hall–Kier alpha value is -0.940. The van der Waals surface area contributed by atoms with E-state index in [9.17, 15) is 0 Å². The topological polar surface area (TPSA) is 52.0 Å². The lowest BCUT2D eigenvalue weighted by molar-refractivity contribution is -0.00823. The number of hydrogen-bond acceptors (Lipinski definition) is 4. The molecule has 0 aromatic carbocycles. The van der Waals surface area contributed by atoms with E-state index in [1.54, 1.807) is 6.33 Å². The van der Waals surface area contributed by atoms with Crippen molar-refractivity contribution in [2.45, 2.75) is 58.3 Å². The van der Waals surface area contributed by atoms with Crippen LogP contribution in [-0.2, 0) is 17.8 Å². The van der Waals surface area contributed by atoms with Crippen molar-refractivity contribution in [3.05, 3.63) is 12.2 Å². The van der Waals surface area contributed by atoms with Gasteiger partial charge in [-0.3, -0.25) is 0 Å². The van der Waals surface area contributed by atoms with E-state index in [4.69, 9.17) is 4.74 Å². The van der Waals surface area contributed by atoms with E-state index < -0.39 is 0 Å². The van der Waals surface area contributed by atoms with Crippen molar-refractivity contribution in [3.8, 4) is 0 Å². The van der Waals surface area contributed by atoms with Crippen LogP contribution in [0.25, 0.3) is 0 Å². The summed E-state index contributed by atoms with van der Waals surface area (Å²) in [5.41, 5.74) is -0.0903. The molecule has 1 heterocycles. The van der Waals surface area contributed by atoms with Gasteiger partial charge in [-0.05, 0) is 33.6 Å². The summed E-state index contributed by atoms with van der Waals surface area (Å²) in [6.07, 6.45) is 4.20. The van der Waals surface area contributed by atoms with Gasteiger partial charge in [0, 0.05) is 6.04 Å². The highest BCUT2D eigenvalue weighted by molar-refractivity contribution is 4.88. The van der Waals surface area contributed by atoms with Crippen LogP contribution in [0.2, 0.25) is 0 Å². The first-order chi connectivity index (χ1) is 8.04. The van der Waals surface area contributed by atoms with E-state index in [0.717, 1.165) is 18.9 Å². The van der Waals surface area contributed by atoms with E-state index >= 15 is 0 Å². The number of hydrogen-bond donors (Lipinski definition) is 1. The average molecular weight is 238 g/mol. The van der Waals surface area contributed by atoms with E-state index in [0.29, 0.717) is 12.6 Å². The van der Waals surface area contributed by atoms with Gasteiger partial charge in [-0.2, -0.15) is 5.10 Å². The predicted molar refractivity (Wildman–Crippen MR) is 65.6 cm³/mol.